The van der Waals surface area contributed by atoms with Gasteiger partial charge in [0.2, 0.25) is 0 Å². The molecule has 0 aliphatic rings. The van der Waals surface area contributed by atoms with Crippen LogP contribution in [0.3, 0.4) is 0 Å². The molecule has 2 aromatic rings. The summed E-state index contributed by atoms with van der Waals surface area (Å²) < 4.78 is 18.6. The van der Waals surface area contributed by atoms with Crippen LogP contribution >= 0.6 is 11.3 Å². The summed E-state index contributed by atoms with van der Waals surface area (Å²) in [5.74, 6) is -0.966. The van der Waals surface area contributed by atoms with Crippen LogP contribution < -0.4 is 4.74 Å². The van der Waals surface area contributed by atoms with Gasteiger partial charge in [0.25, 0.3) is 0 Å². The average molecular weight is 295 g/mol. The Hall–Kier alpha value is -1.95. The quantitative estimate of drug-likeness (QED) is 0.853. The van der Waals surface area contributed by atoms with Crippen molar-refractivity contribution in [1.29, 1.82) is 0 Å². The first-order valence-corrected chi connectivity index (χ1v) is 6.99. The Morgan fingerprint density at radius 3 is 2.90 bits per heavy atom. The predicted octanol–water partition coefficient (Wildman–Crippen LogP) is 2.92. The average Bonchev–Trinajstić information content (AvgIpc) is 2.87. The molecule has 0 unspecified atom stereocenters. The summed E-state index contributed by atoms with van der Waals surface area (Å²) in [6, 6.07) is 6.25. The minimum atomic E-state index is -0.817. The number of aryl methyl sites for hydroxylation is 1. The second kappa shape index (κ2) is 7.00. The third kappa shape index (κ3) is 4.31. The second-order valence-electron chi connectivity index (χ2n) is 4.14. The van der Waals surface area contributed by atoms with Crippen molar-refractivity contribution < 1.29 is 19.0 Å². The van der Waals surface area contributed by atoms with Gasteiger partial charge in [-0.05, 0) is 18.6 Å². The SMILES string of the molecule is O=C(O)CCc1cnc(CCOc2ccccc2F)s1. The molecule has 0 spiro atoms. The number of aromatic nitrogens is 1. The van der Waals surface area contributed by atoms with Gasteiger partial charge in [0.15, 0.2) is 11.6 Å². The van der Waals surface area contributed by atoms with Gasteiger partial charge in [-0.15, -0.1) is 11.3 Å². The Morgan fingerprint density at radius 2 is 2.15 bits per heavy atom. The Balaban J connectivity index is 1.80. The Kier molecular flexibility index (Phi) is 5.06. The largest absolute Gasteiger partial charge is 0.490 e. The van der Waals surface area contributed by atoms with Crippen LogP contribution in [0.15, 0.2) is 30.5 Å². The molecule has 1 heterocycles. The monoisotopic (exact) mass is 295 g/mol. The van der Waals surface area contributed by atoms with E-state index in [0.29, 0.717) is 19.4 Å². The van der Waals surface area contributed by atoms with Gasteiger partial charge in [-0.2, -0.15) is 0 Å². The molecular weight excluding hydrogens is 281 g/mol. The summed E-state index contributed by atoms with van der Waals surface area (Å²) in [6.45, 7) is 0.340. The highest BCUT2D eigenvalue weighted by atomic mass is 32.1. The zero-order valence-corrected chi connectivity index (χ0v) is 11.5. The van der Waals surface area contributed by atoms with Gasteiger partial charge in [0.1, 0.15) is 0 Å². The van der Waals surface area contributed by atoms with Crippen molar-refractivity contribution in [2.24, 2.45) is 0 Å². The maximum absolute atomic E-state index is 13.3. The molecule has 1 N–H and O–H groups in total. The minimum Gasteiger partial charge on any atom is -0.490 e. The molecule has 0 saturated heterocycles. The van der Waals surface area contributed by atoms with E-state index in [9.17, 15) is 9.18 Å². The molecule has 106 valence electrons. The highest BCUT2D eigenvalue weighted by Gasteiger charge is 2.06. The number of rotatable bonds is 7. The highest BCUT2D eigenvalue weighted by Crippen LogP contribution is 2.18. The fourth-order valence-corrected chi connectivity index (χ4v) is 2.52. The summed E-state index contributed by atoms with van der Waals surface area (Å²) >= 11 is 1.47. The Labute approximate surface area is 119 Å². The van der Waals surface area contributed by atoms with Crippen molar-refractivity contribution in [3.63, 3.8) is 0 Å². The number of carbonyl (C=O) groups is 1. The fourth-order valence-electron chi connectivity index (χ4n) is 1.62. The molecule has 4 nitrogen and oxygen atoms in total. The van der Waals surface area contributed by atoms with Crippen LogP contribution in [0, 0.1) is 5.82 Å². The topological polar surface area (TPSA) is 59.4 Å². The third-order valence-electron chi connectivity index (χ3n) is 2.60. The lowest BCUT2D eigenvalue weighted by atomic mass is 10.3. The van der Waals surface area contributed by atoms with Crippen molar-refractivity contribution in [1.82, 2.24) is 4.98 Å². The van der Waals surface area contributed by atoms with Crippen LogP contribution in [0.1, 0.15) is 16.3 Å². The van der Waals surface area contributed by atoms with Gasteiger partial charge in [-0.1, -0.05) is 12.1 Å². The molecule has 0 aliphatic heterocycles. The van der Waals surface area contributed by atoms with E-state index in [1.165, 1.54) is 17.4 Å². The zero-order chi connectivity index (χ0) is 14.4. The molecule has 0 aliphatic carbocycles. The number of hydrogen-bond acceptors (Lipinski definition) is 4. The minimum absolute atomic E-state index is 0.105. The van der Waals surface area contributed by atoms with E-state index < -0.39 is 5.97 Å². The van der Waals surface area contributed by atoms with Crippen LogP contribution in [0.5, 0.6) is 5.75 Å². The van der Waals surface area contributed by atoms with Gasteiger partial charge in [-0.3, -0.25) is 4.79 Å². The van der Waals surface area contributed by atoms with Crippen molar-refractivity contribution in [2.75, 3.05) is 6.61 Å². The molecule has 6 heteroatoms. The van der Waals surface area contributed by atoms with Crippen LogP contribution in [-0.4, -0.2) is 22.7 Å². The number of para-hydroxylation sites is 1. The first kappa shape index (κ1) is 14.5. The lowest BCUT2D eigenvalue weighted by Crippen LogP contribution is -2.02. The Bertz CT molecular complexity index is 585. The van der Waals surface area contributed by atoms with Crippen molar-refractivity contribution in [2.45, 2.75) is 19.3 Å². The molecule has 0 saturated carbocycles. The molecule has 20 heavy (non-hydrogen) atoms. The normalized spacial score (nSPS) is 10.4. The van der Waals surface area contributed by atoms with Crippen LogP contribution in [0.25, 0.3) is 0 Å². The smallest absolute Gasteiger partial charge is 0.303 e. The first-order chi connectivity index (χ1) is 9.65. The van der Waals surface area contributed by atoms with E-state index in [1.54, 1.807) is 24.4 Å². The van der Waals surface area contributed by atoms with E-state index in [-0.39, 0.29) is 18.0 Å². The number of carboxylic acids is 1. The molecule has 2 rings (SSSR count). The fraction of sp³-hybridized carbons (Fsp3) is 0.286. The van der Waals surface area contributed by atoms with Crippen LogP contribution in [0.4, 0.5) is 4.39 Å². The van der Waals surface area contributed by atoms with Crippen molar-refractivity contribution in [3.05, 3.63) is 46.2 Å². The van der Waals surface area contributed by atoms with Gasteiger partial charge in [0, 0.05) is 17.5 Å². The summed E-state index contributed by atoms with van der Waals surface area (Å²) in [6.07, 6.45) is 2.85. The molecular formula is C14H14FNO3S. The van der Waals surface area contributed by atoms with Gasteiger partial charge < -0.3 is 9.84 Å². The molecule has 1 aromatic heterocycles. The van der Waals surface area contributed by atoms with Crippen molar-refractivity contribution in [3.8, 4) is 5.75 Å². The lowest BCUT2D eigenvalue weighted by Gasteiger charge is -2.05. The standard InChI is InChI=1S/C14H14FNO3S/c15-11-3-1-2-4-12(11)19-8-7-13-16-9-10(20-13)5-6-14(17)18/h1-4,9H,5-8H2,(H,17,18). The van der Waals surface area contributed by atoms with Crippen LogP contribution in [0.2, 0.25) is 0 Å². The zero-order valence-electron chi connectivity index (χ0n) is 10.7. The highest BCUT2D eigenvalue weighted by molar-refractivity contribution is 7.11. The number of nitrogens with zero attached hydrogens (tertiary/aromatic N) is 1. The number of hydrogen-bond donors (Lipinski definition) is 1. The van der Waals surface area contributed by atoms with E-state index in [1.807, 2.05) is 0 Å². The summed E-state index contributed by atoms with van der Waals surface area (Å²) in [5, 5.41) is 9.47. The maximum atomic E-state index is 13.3. The molecule has 0 bridgehead atoms. The molecule has 0 atom stereocenters. The molecule has 0 fully saturated rings. The summed E-state index contributed by atoms with van der Waals surface area (Å²) in [7, 11) is 0. The van der Waals surface area contributed by atoms with Crippen molar-refractivity contribution >= 4 is 17.3 Å². The predicted molar refractivity (Wildman–Crippen MR) is 73.7 cm³/mol. The van der Waals surface area contributed by atoms with Crippen LogP contribution in [-0.2, 0) is 17.6 Å². The van der Waals surface area contributed by atoms with E-state index >= 15 is 0 Å². The van der Waals surface area contributed by atoms with Gasteiger partial charge in [-0.25, -0.2) is 9.37 Å². The lowest BCUT2D eigenvalue weighted by molar-refractivity contribution is -0.136. The van der Waals surface area contributed by atoms with E-state index in [0.717, 1.165) is 9.88 Å². The number of carboxylic acid groups (broad SMARTS) is 1. The molecule has 0 radical (unpaired) electrons. The Morgan fingerprint density at radius 1 is 1.35 bits per heavy atom. The molecule has 0 amide bonds. The number of benzene rings is 1. The maximum Gasteiger partial charge on any atom is 0.303 e. The second-order valence-corrected chi connectivity index (χ2v) is 5.34. The van der Waals surface area contributed by atoms with Gasteiger partial charge >= 0.3 is 5.97 Å². The third-order valence-corrected chi connectivity index (χ3v) is 3.71. The summed E-state index contributed by atoms with van der Waals surface area (Å²) in [5.41, 5.74) is 0. The van der Waals surface area contributed by atoms with E-state index in [4.69, 9.17) is 9.84 Å². The van der Waals surface area contributed by atoms with E-state index in [2.05, 4.69) is 4.98 Å². The number of thiazole rings is 1. The number of halogens is 1. The van der Waals surface area contributed by atoms with Gasteiger partial charge in [0.05, 0.1) is 18.0 Å². The number of ether oxygens (including phenoxy) is 1. The number of aliphatic carboxylic acids is 1. The summed E-state index contributed by atoms with van der Waals surface area (Å²) in [4.78, 5) is 15.6. The molecule has 1 aromatic carbocycles. The first-order valence-electron chi connectivity index (χ1n) is 6.18.